The molecule has 0 radical (unpaired) electrons. The standard InChI is InChI=1S/C12H14F6O4/c13-11(14,15)6-21-8(19)10(4-2-1-3-5-10)9(20)22-7-12(16,17)18/h1-7H2. The van der Waals surface area contributed by atoms with Crippen molar-refractivity contribution in [2.45, 2.75) is 44.5 Å². The lowest BCUT2D eigenvalue weighted by Crippen LogP contribution is -2.45. The Kier molecular flexibility index (Phi) is 5.69. The van der Waals surface area contributed by atoms with Crippen molar-refractivity contribution in [2.75, 3.05) is 13.2 Å². The zero-order valence-corrected chi connectivity index (χ0v) is 11.4. The molecule has 1 fully saturated rings. The summed E-state index contributed by atoms with van der Waals surface area (Å²) in [5, 5.41) is 0. The van der Waals surface area contributed by atoms with E-state index < -0.39 is 42.9 Å². The molecule has 0 N–H and O–H groups in total. The van der Waals surface area contributed by atoms with Gasteiger partial charge in [0.15, 0.2) is 18.6 Å². The number of carbonyl (C=O) groups excluding carboxylic acids is 2. The van der Waals surface area contributed by atoms with E-state index in [-0.39, 0.29) is 12.8 Å². The maximum absolute atomic E-state index is 12.1. The van der Waals surface area contributed by atoms with Crippen molar-refractivity contribution in [2.24, 2.45) is 5.41 Å². The normalized spacial score (nSPS) is 18.6. The number of alkyl halides is 6. The summed E-state index contributed by atoms with van der Waals surface area (Å²) < 4.78 is 80.5. The molecule has 0 aromatic rings. The van der Waals surface area contributed by atoms with Crippen molar-refractivity contribution in [3.8, 4) is 0 Å². The van der Waals surface area contributed by atoms with Gasteiger partial charge in [0.2, 0.25) is 0 Å². The first-order valence-corrected chi connectivity index (χ1v) is 6.44. The molecule has 1 aliphatic rings. The molecule has 0 bridgehead atoms. The van der Waals surface area contributed by atoms with Crippen LogP contribution in [0.25, 0.3) is 0 Å². The zero-order chi connectivity index (χ0) is 17.0. The van der Waals surface area contributed by atoms with Gasteiger partial charge in [-0.1, -0.05) is 19.3 Å². The second-order valence-electron chi connectivity index (χ2n) is 5.03. The summed E-state index contributed by atoms with van der Waals surface area (Å²) in [6.45, 7) is -3.81. The van der Waals surface area contributed by atoms with Crippen LogP contribution in [-0.2, 0) is 19.1 Å². The first kappa shape index (κ1) is 18.6. The van der Waals surface area contributed by atoms with Crippen LogP contribution in [0.4, 0.5) is 26.3 Å². The number of hydrogen-bond donors (Lipinski definition) is 0. The minimum Gasteiger partial charge on any atom is -0.455 e. The molecule has 1 aliphatic carbocycles. The average molecular weight is 336 g/mol. The van der Waals surface area contributed by atoms with E-state index in [0.29, 0.717) is 19.3 Å². The maximum atomic E-state index is 12.1. The van der Waals surface area contributed by atoms with E-state index >= 15 is 0 Å². The quantitative estimate of drug-likeness (QED) is 0.450. The van der Waals surface area contributed by atoms with Crippen LogP contribution in [0.5, 0.6) is 0 Å². The van der Waals surface area contributed by atoms with Gasteiger partial charge in [-0.25, -0.2) is 0 Å². The van der Waals surface area contributed by atoms with Gasteiger partial charge in [0, 0.05) is 0 Å². The van der Waals surface area contributed by atoms with E-state index in [1.165, 1.54) is 0 Å². The van der Waals surface area contributed by atoms with Gasteiger partial charge < -0.3 is 9.47 Å². The lowest BCUT2D eigenvalue weighted by atomic mass is 9.74. The zero-order valence-electron chi connectivity index (χ0n) is 11.4. The Morgan fingerprint density at radius 3 is 1.45 bits per heavy atom. The molecule has 0 aromatic heterocycles. The van der Waals surface area contributed by atoms with Crippen LogP contribution in [-0.4, -0.2) is 37.5 Å². The van der Waals surface area contributed by atoms with Crippen molar-refractivity contribution in [1.29, 1.82) is 0 Å². The van der Waals surface area contributed by atoms with E-state index in [1.807, 2.05) is 0 Å². The van der Waals surface area contributed by atoms with Crippen molar-refractivity contribution >= 4 is 11.9 Å². The van der Waals surface area contributed by atoms with E-state index in [1.54, 1.807) is 0 Å². The Balaban J connectivity index is 2.80. The smallest absolute Gasteiger partial charge is 0.422 e. The summed E-state index contributed by atoms with van der Waals surface area (Å²) in [5.41, 5.74) is -2.09. The third-order valence-corrected chi connectivity index (χ3v) is 3.22. The molecule has 0 spiro atoms. The molecule has 0 heterocycles. The number of esters is 2. The molecule has 0 aliphatic heterocycles. The van der Waals surface area contributed by atoms with E-state index in [4.69, 9.17) is 0 Å². The van der Waals surface area contributed by atoms with Crippen LogP contribution >= 0.6 is 0 Å². The van der Waals surface area contributed by atoms with Crippen LogP contribution in [0.2, 0.25) is 0 Å². The Labute approximate surface area is 121 Å². The Bertz CT molecular complexity index is 377. The van der Waals surface area contributed by atoms with Crippen molar-refractivity contribution in [3.05, 3.63) is 0 Å². The Morgan fingerprint density at radius 1 is 0.773 bits per heavy atom. The fourth-order valence-corrected chi connectivity index (χ4v) is 2.22. The van der Waals surface area contributed by atoms with Crippen LogP contribution in [0.15, 0.2) is 0 Å². The molecule has 128 valence electrons. The summed E-state index contributed by atoms with van der Waals surface area (Å²) in [4.78, 5) is 23.7. The SMILES string of the molecule is O=C(OCC(F)(F)F)C1(C(=O)OCC(F)(F)F)CCCCC1. The van der Waals surface area contributed by atoms with Gasteiger partial charge >= 0.3 is 24.3 Å². The fraction of sp³-hybridized carbons (Fsp3) is 0.833. The Morgan fingerprint density at radius 2 is 1.14 bits per heavy atom. The average Bonchev–Trinajstić information content (AvgIpc) is 2.41. The highest BCUT2D eigenvalue weighted by Gasteiger charge is 2.51. The van der Waals surface area contributed by atoms with Crippen LogP contribution in [0.1, 0.15) is 32.1 Å². The van der Waals surface area contributed by atoms with E-state index in [9.17, 15) is 35.9 Å². The monoisotopic (exact) mass is 336 g/mol. The summed E-state index contributed by atoms with van der Waals surface area (Å²) in [6.07, 6.45) is -8.74. The van der Waals surface area contributed by atoms with Gasteiger partial charge in [0.05, 0.1) is 0 Å². The van der Waals surface area contributed by atoms with Crippen molar-refractivity contribution in [1.82, 2.24) is 0 Å². The van der Waals surface area contributed by atoms with Crippen molar-refractivity contribution in [3.63, 3.8) is 0 Å². The first-order valence-electron chi connectivity index (χ1n) is 6.44. The minimum atomic E-state index is -4.79. The fourth-order valence-electron chi connectivity index (χ4n) is 2.22. The highest BCUT2D eigenvalue weighted by atomic mass is 19.4. The third kappa shape index (κ3) is 5.38. The number of halogens is 6. The highest BCUT2D eigenvalue weighted by Crippen LogP contribution is 2.39. The molecule has 22 heavy (non-hydrogen) atoms. The lowest BCUT2D eigenvalue weighted by molar-refractivity contribution is -0.208. The molecular formula is C12H14F6O4. The van der Waals surface area contributed by atoms with Gasteiger partial charge in [-0.05, 0) is 12.8 Å². The highest BCUT2D eigenvalue weighted by molar-refractivity contribution is 6.00. The summed E-state index contributed by atoms with van der Waals surface area (Å²) >= 11 is 0. The molecular weight excluding hydrogens is 322 g/mol. The summed E-state index contributed by atoms with van der Waals surface area (Å²) in [5.74, 6) is -2.98. The summed E-state index contributed by atoms with van der Waals surface area (Å²) in [6, 6.07) is 0. The van der Waals surface area contributed by atoms with Crippen molar-refractivity contribution < 1.29 is 45.4 Å². The maximum Gasteiger partial charge on any atom is 0.422 e. The number of ether oxygens (including phenoxy) is 2. The predicted molar refractivity (Wildman–Crippen MR) is 59.5 cm³/mol. The number of carbonyl (C=O) groups is 2. The minimum absolute atomic E-state index is 0.194. The van der Waals surface area contributed by atoms with Gasteiger partial charge in [0.25, 0.3) is 0 Å². The first-order chi connectivity index (χ1) is 9.96. The van der Waals surface area contributed by atoms with Gasteiger partial charge in [-0.2, -0.15) is 26.3 Å². The van der Waals surface area contributed by atoms with Crippen LogP contribution in [0.3, 0.4) is 0 Å². The predicted octanol–water partition coefficient (Wildman–Crippen LogP) is 3.15. The lowest BCUT2D eigenvalue weighted by Gasteiger charge is -2.32. The largest absolute Gasteiger partial charge is 0.455 e. The second-order valence-corrected chi connectivity index (χ2v) is 5.03. The molecule has 0 atom stereocenters. The van der Waals surface area contributed by atoms with Crippen LogP contribution < -0.4 is 0 Å². The van der Waals surface area contributed by atoms with Gasteiger partial charge in [0.1, 0.15) is 0 Å². The van der Waals surface area contributed by atoms with Gasteiger partial charge in [-0.3, -0.25) is 9.59 Å². The van der Waals surface area contributed by atoms with Crippen LogP contribution in [0, 0.1) is 5.41 Å². The molecule has 10 heteroatoms. The van der Waals surface area contributed by atoms with E-state index in [2.05, 4.69) is 9.47 Å². The number of hydrogen-bond acceptors (Lipinski definition) is 4. The molecule has 0 unspecified atom stereocenters. The van der Waals surface area contributed by atoms with E-state index in [0.717, 1.165) is 0 Å². The third-order valence-electron chi connectivity index (χ3n) is 3.22. The molecule has 0 aromatic carbocycles. The topological polar surface area (TPSA) is 52.6 Å². The molecule has 1 rings (SSSR count). The molecule has 0 saturated heterocycles. The molecule has 0 amide bonds. The summed E-state index contributed by atoms with van der Waals surface area (Å²) in [7, 11) is 0. The second kappa shape index (κ2) is 6.74. The molecule has 1 saturated carbocycles. The number of rotatable bonds is 4. The Hall–Kier alpha value is -1.48. The molecule has 4 nitrogen and oxygen atoms in total. The van der Waals surface area contributed by atoms with Gasteiger partial charge in [-0.15, -0.1) is 0 Å².